The number of Topliss-reactive ketones (excluding diaryl/α,β-unsaturated/α-hetero) is 1. The lowest BCUT2D eigenvalue weighted by Gasteiger charge is -2.39. The van der Waals surface area contributed by atoms with Crippen LogP contribution < -0.4 is 0 Å². The lowest BCUT2D eigenvalue weighted by molar-refractivity contribution is -0.143. The van der Waals surface area contributed by atoms with Crippen LogP contribution in [0.2, 0.25) is 0 Å². The Hall–Kier alpha value is -5.35. The van der Waals surface area contributed by atoms with Crippen LogP contribution in [0.5, 0.6) is 0 Å². The van der Waals surface area contributed by atoms with Crippen molar-refractivity contribution in [2.75, 3.05) is 0 Å². The van der Waals surface area contributed by atoms with E-state index in [-0.39, 0.29) is 24.1 Å². The molecule has 8 rings (SSSR count). The maximum atomic E-state index is 15.8. The molecule has 1 aliphatic heterocycles. The summed E-state index contributed by atoms with van der Waals surface area (Å²) in [5.41, 5.74) is 2.99. The number of likely N-dealkylation sites (tertiary alicyclic amines) is 1. The van der Waals surface area contributed by atoms with Gasteiger partial charge in [-0.15, -0.1) is 0 Å². The van der Waals surface area contributed by atoms with E-state index in [9.17, 15) is 9.59 Å². The first kappa shape index (κ1) is 26.3. The zero-order valence-electron chi connectivity index (χ0n) is 24.0. The molecule has 0 spiro atoms. The number of hydrogen-bond acceptors (Lipinski definition) is 3. The number of carbonyl (C=O) groups excluding carboxylic acids is 3. The van der Waals surface area contributed by atoms with Crippen molar-refractivity contribution < 1.29 is 14.4 Å². The Morgan fingerprint density at radius 3 is 1.18 bits per heavy atom. The predicted octanol–water partition coefficient (Wildman–Crippen LogP) is 6.87. The Balaban J connectivity index is 1.52. The summed E-state index contributed by atoms with van der Waals surface area (Å²) in [5, 5.41) is 0. The molecule has 1 heterocycles. The van der Waals surface area contributed by atoms with Crippen LogP contribution in [0.4, 0.5) is 0 Å². The van der Waals surface area contributed by atoms with Crippen molar-refractivity contribution in [3.05, 3.63) is 179 Å². The van der Waals surface area contributed by atoms with Crippen LogP contribution in [0.25, 0.3) is 11.1 Å². The van der Waals surface area contributed by atoms with Crippen LogP contribution in [0.1, 0.15) is 27.8 Å². The van der Waals surface area contributed by atoms with Crippen LogP contribution in [0, 0.1) is 11.8 Å². The number of nitrogens with zero attached hydrogens (tertiary/aromatic N) is 1. The second-order valence-electron chi connectivity index (χ2n) is 11.9. The van der Waals surface area contributed by atoms with Gasteiger partial charge in [-0.05, 0) is 39.0 Å². The monoisotopic (exact) mass is 571 g/mol. The zero-order chi connectivity index (χ0) is 29.9. The van der Waals surface area contributed by atoms with E-state index in [0.29, 0.717) is 0 Å². The van der Waals surface area contributed by atoms with E-state index in [4.69, 9.17) is 0 Å². The van der Waals surface area contributed by atoms with Gasteiger partial charge in [0.2, 0.25) is 11.8 Å². The molecule has 4 atom stereocenters. The molecule has 0 unspecified atom stereocenters. The molecule has 1 saturated carbocycles. The summed E-state index contributed by atoms with van der Waals surface area (Å²) in [6.07, 6.45) is 0. The van der Waals surface area contributed by atoms with E-state index in [1.807, 2.05) is 152 Å². The van der Waals surface area contributed by atoms with Crippen molar-refractivity contribution in [3.63, 3.8) is 0 Å². The minimum Gasteiger partial charge on any atom is -0.297 e. The summed E-state index contributed by atoms with van der Waals surface area (Å²) in [4.78, 5) is 46.9. The van der Waals surface area contributed by atoms with Gasteiger partial charge in [0.1, 0.15) is 0 Å². The summed E-state index contributed by atoms with van der Waals surface area (Å²) in [7, 11) is 0. The largest absolute Gasteiger partial charge is 0.297 e. The number of imide groups is 1. The zero-order valence-corrected chi connectivity index (χ0v) is 24.0. The van der Waals surface area contributed by atoms with Crippen molar-refractivity contribution in [1.82, 2.24) is 4.90 Å². The first-order chi connectivity index (χ1) is 21.6. The molecule has 0 N–H and O–H groups in total. The van der Waals surface area contributed by atoms with Crippen LogP contribution in [-0.2, 0) is 31.8 Å². The van der Waals surface area contributed by atoms with Gasteiger partial charge in [0.15, 0.2) is 5.78 Å². The number of rotatable bonds is 6. The molecule has 1 saturated heterocycles. The Bertz CT molecular complexity index is 1820. The highest BCUT2D eigenvalue weighted by Gasteiger charge is 2.82. The third-order valence-corrected chi connectivity index (χ3v) is 9.85. The summed E-state index contributed by atoms with van der Waals surface area (Å²) in [6.45, 7) is 0.163. The van der Waals surface area contributed by atoms with Crippen molar-refractivity contribution >= 4 is 28.7 Å². The molecule has 212 valence electrons. The molecule has 0 aromatic heterocycles. The maximum absolute atomic E-state index is 15.8. The van der Waals surface area contributed by atoms with Crippen molar-refractivity contribution in [2.45, 2.75) is 17.4 Å². The second kappa shape index (κ2) is 9.85. The first-order valence-electron chi connectivity index (χ1n) is 15.0. The van der Waals surface area contributed by atoms with Crippen molar-refractivity contribution in [3.8, 4) is 0 Å². The summed E-state index contributed by atoms with van der Waals surface area (Å²) < 4.78 is 0. The van der Waals surface area contributed by atoms with Crippen LogP contribution in [-0.4, -0.2) is 22.5 Å². The van der Waals surface area contributed by atoms with Crippen LogP contribution >= 0.6 is 0 Å². The molecule has 3 aliphatic rings. The Kier molecular flexibility index (Phi) is 5.89. The topological polar surface area (TPSA) is 54.5 Å². The molecular formula is C40H29NO3. The molecule has 2 aliphatic carbocycles. The Morgan fingerprint density at radius 1 is 0.455 bits per heavy atom. The molecular weight excluding hydrogens is 542 g/mol. The van der Waals surface area contributed by atoms with Crippen LogP contribution in [0.3, 0.4) is 0 Å². The number of allylic oxidation sites excluding steroid dienone is 2. The average molecular weight is 572 g/mol. The Morgan fingerprint density at radius 2 is 0.795 bits per heavy atom. The van der Waals surface area contributed by atoms with Gasteiger partial charge in [-0.2, -0.15) is 0 Å². The summed E-state index contributed by atoms with van der Waals surface area (Å²) in [5.74, 6) is -2.47. The first-order valence-corrected chi connectivity index (χ1v) is 15.0. The van der Waals surface area contributed by atoms with Crippen molar-refractivity contribution in [1.29, 1.82) is 0 Å². The smallest absolute Gasteiger partial charge is 0.235 e. The van der Waals surface area contributed by atoms with Gasteiger partial charge in [-0.25, -0.2) is 0 Å². The molecule has 2 bridgehead atoms. The maximum Gasteiger partial charge on any atom is 0.235 e. The van der Waals surface area contributed by atoms with Gasteiger partial charge < -0.3 is 0 Å². The fraction of sp³-hybridized carbons (Fsp3) is 0.125. The van der Waals surface area contributed by atoms with Gasteiger partial charge in [-0.3, -0.25) is 19.3 Å². The van der Waals surface area contributed by atoms with Gasteiger partial charge in [-0.1, -0.05) is 152 Å². The fourth-order valence-corrected chi connectivity index (χ4v) is 8.31. The van der Waals surface area contributed by atoms with Gasteiger partial charge in [0.05, 0.1) is 29.2 Å². The number of fused-ring (bicyclic) bond motifs is 5. The summed E-state index contributed by atoms with van der Waals surface area (Å²) in [6, 6.07) is 48.8. The average Bonchev–Trinajstić information content (AvgIpc) is 3.59. The lowest BCUT2D eigenvalue weighted by Crippen LogP contribution is -2.45. The minimum absolute atomic E-state index is 0.101. The second-order valence-corrected chi connectivity index (χ2v) is 11.9. The standard InChI is InChI=1S/C40H29NO3/c42-36-34-35(37(43)41(36)26-27-16-6-1-7-17-27)40(31-24-14-5-15-25-31)33(29-20-10-3-11-21-29)32(28-18-8-2-9-19-28)39(34,38(40)44)30-22-12-4-13-23-30/h1-25,34-35H,26H2/t34-,35+,39-,40-/m0/s1. The SMILES string of the molecule is O=C1[C@@H]2[C@H](C(=O)N1Cc1ccccc1)[C@@]1(c3ccccc3)C(=O)[C@@]2(c2ccccc2)C(c2ccccc2)=C1c1ccccc1. The number of ketones is 1. The molecule has 4 nitrogen and oxygen atoms in total. The normalized spacial score (nSPS) is 25.5. The molecule has 0 radical (unpaired) electrons. The van der Waals surface area contributed by atoms with Gasteiger partial charge in [0.25, 0.3) is 0 Å². The number of amides is 2. The third-order valence-electron chi connectivity index (χ3n) is 9.85. The van der Waals surface area contributed by atoms with E-state index in [1.54, 1.807) is 0 Å². The fourth-order valence-electron chi connectivity index (χ4n) is 8.31. The van der Waals surface area contributed by atoms with Gasteiger partial charge in [0, 0.05) is 0 Å². The highest BCUT2D eigenvalue weighted by Crippen LogP contribution is 2.74. The highest BCUT2D eigenvalue weighted by atomic mass is 16.2. The molecule has 44 heavy (non-hydrogen) atoms. The number of benzene rings is 5. The van der Waals surface area contributed by atoms with E-state index in [1.165, 1.54) is 4.90 Å². The third kappa shape index (κ3) is 3.31. The quantitative estimate of drug-likeness (QED) is 0.209. The van der Waals surface area contributed by atoms with E-state index < -0.39 is 22.7 Å². The Labute approximate surface area is 256 Å². The van der Waals surface area contributed by atoms with E-state index in [2.05, 4.69) is 0 Å². The van der Waals surface area contributed by atoms with E-state index >= 15 is 4.79 Å². The van der Waals surface area contributed by atoms with E-state index in [0.717, 1.165) is 39.0 Å². The molecule has 2 fully saturated rings. The highest BCUT2D eigenvalue weighted by molar-refractivity contribution is 6.35. The lowest BCUT2D eigenvalue weighted by atomic mass is 9.59. The van der Waals surface area contributed by atoms with Crippen LogP contribution in [0.15, 0.2) is 152 Å². The van der Waals surface area contributed by atoms with Crippen molar-refractivity contribution in [2.24, 2.45) is 11.8 Å². The molecule has 5 aromatic carbocycles. The number of hydrogen-bond donors (Lipinski definition) is 0. The molecule has 5 aromatic rings. The minimum atomic E-state index is -1.37. The molecule has 4 heteroatoms. The summed E-state index contributed by atoms with van der Waals surface area (Å²) >= 11 is 0. The number of carbonyl (C=O) groups is 3. The predicted molar refractivity (Wildman–Crippen MR) is 170 cm³/mol. The van der Waals surface area contributed by atoms with Gasteiger partial charge >= 0.3 is 0 Å². The molecule has 2 amide bonds.